The summed E-state index contributed by atoms with van der Waals surface area (Å²) in [6.45, 7) is 1.97. The lowest BCUT2D eigenvalue weighted by Gasteiger charge is -2.07. The Kier molecular flexibility index (Phi) is 2.55. The van der Waals surface area contributed by atoms with E-state index in [4.69, 9.17) is 0 Å². The Labute approximate surface area is 90.9 Å². The molecule has 0 bridgehead atoms. The molecule has 0 amide bonds. The molecule has 0 aliphatic heterocycles. The van der Waals surface area contributed by atoms with Crippen molar-refractivity contribution in [2.75, 3.05) is 0 Å². The van der Waals surface area contributed by atoms with Crippen LogP contribution >= 0.6 is 15.9 Å². The molecule has 2 rings (SSSR count). The lowest BCUT2D eigenvalue weighted by atomic mass is 10.0. The van der Waals surface area contributed by atoms with Crippen molar-refractivity contribution in [1.82, 2.24) is 0 Å². The molecule has 14 heavy (non-hydrogen) atoms. The standard InChI is InChI=1S/C12H10BrF/c1-2-9-11(14)7-6-8-4-3-5-10(13)12(8)9/h3-7H,2H2,1H3. The molecule has 0 atom stereocenters. The summed E-state index contributed by atoms with van der Waals surface area (Å²) in [5.74, 6) is -0.119. The van der Waals surface area contributed by atoms with E-state index in [1.54, 1.807) is 0 Å². The van der Waals surface area contributed by atoms with E-state index in [2.05, 4.69) is 15.9 Å². The van der Waals surface area contributed by atoms with Crippen molar-refractivity contribution in [3.8, 4) is 0 Å². The minimum absolute atomic E-state index is 0.119. The van der Waals surface area contributed by atoms with Crippen LogP contribution in [0.25, 0.3) is 10.8 Å². The number of benzene rings is 2. The van der Waals surface area contributed by atoms with Crippen LogP contribution in [0, 0.1) is 5.82 Å². The van der Waals surface area contributed by atoms with Gasteiger partial charge in [-0.2, -0.15) is 0 Å². The molecule has 0 aliphatic rings. The van der Waals surface area contributed by atoms with E-state index in [-0.39, 0.29) is 5.82 Å². The van der Waals surface area contributed by atoms with Crippen LogP contribution in [0.4, 0.5) is 4.39 Å². The van der Waals surface area contributed by atoms with Gasteiger partial charge in [0, 0.05) is 9.86 Å². The molecule has 0 fully saturated rings. The molecule has 0 saturated carbocycles. The highest BCUT2D eigenvalue weighted by molar-refractivity contribution is 9.10. The fourth-order valence-corrected chi connectivity index (χ4v) is 2.35. The zero-order valence-electron chi connectivity index (χ0n) is 7.85. The number of rotatable bonds is 1. The van der Waals surface area contributed by atoms with Gasteiger partial charge in [0.2, 0.25) is 0 Å². The molecule has 0 spiro atoms. The average Bonchev–Trinajstić information content (AvgIpc) is 2.19. The predicted molar refractivity (Wildman–Crippen MR) is 61.0 cm³/mol. The summed E-state index contributed by atoms with van der Waals surface area (Å²) in [5, 5.41) is 2.08. The smallest absolute Gasteiger partial charge is 0.127 e. The molecule has 0 unspecified atom stereocenters. The van der Waals surface area contributed by atoms with Crippen LogP contribution in [0.15, 0.2) is 34.8 Å². The fraction of sp³-hybridized carbons (Fsp3) is 0.167. The van der Waals surface area contributed by atoms with Gasteiger partial charge in [0.25, 0.3) is 0 Å². The molecule has 2 aromatic rings. The highest BCUT2D eigenvalue weighted by atomic mass is 79.9. The van der Waals surface area contributed by atoms with Gasteiger partial charge >= 0.3 is 0 Å². The molecule has 0 N–H and O–H groups in total. The van der Waals surface area contributed by atoms with Gasteiger partial charge in [-0.1, -0.05) is 41.1 Å². The first-order chi connectivity index (χ1) is 6.74. The van der Waals surface area contributed by atoms with Crippen molar-refractivity contribution in [3.05, 3.63) is 46.2 Å². The second kappa shape index (κ2) is 3.70. The van der Waals surface area contributed by atoms with Gasteiger partial charge in [0.1, 0.15) is 5.82 Å². The summed E-state index contributed by atoms with van der Waals surface area (Å²) in [6.07, 6.45) is 0.714. The van der Waals surface area contributed by atoms with E-state index in [9.17, 15) is 4.39 Å². The van der Waals surface area contributed by atoms with Crippen LogP contribution in [0.1, 0.15) is 12.5 Å². The zero-order chi connectivity index (χ0) is 10.1. The van der Waals surface area contributed by atoms with E-state index < -0.39 is 0 Å². The Morgan fingerprint density at radius 3 is 2.71 bits per heavy atom. The largest absolute Gasteiger partial charge is 0.207 e. The number of aryl methyl sites for hydroxylation is 1. The van der Waals surface area contributed by atoms with Gasteiger partial charge in [-0.15, -0.1) is 0 Å². The number of hydrogen-bond acceptors (Lipinski definition) is 0. The Hall–Kier alpha value is -0.890. The highest BCUT2D eigenvalue weighted by Crippen LogP contribution is 2.29. The van der Waals surface area contributed by atoms with Crippen molar-refractivity contribution in [2.24, 2.45) is 0 Å². The molecule has 0 heterocycles. The Balaban J connectivity index is 2.91. The molecular weight excluding hydrogens is 243 g/mol. The minimum Gasteiger partial charge on any atom is -0.207 e. The molecule has 0 aliphatic carbocycles. The molecular formula is C12H10BrF. The summed E-state index contributed by atoms with van der Waals surface area (Å²) >= 11 is 3.46. The lowest BCUT2D eigenvalue weighted by Crippen LogP contribution is -1.90. The van der Waals surface area contributed by atoms with Gasteiger partial charge in [-0.05, 0) is 29.5 Å². The average molecular weight is 253 g/mol. The van der Waals surface area contributed by atoms with Crippen molar-refractivity contribution in [2.45, 2.75) is 13.3 Å². The van der Waals surface area contributed by atoms with Crippen LogP contribution in [-0.4, -0.2) is 0 Å². The number of halogens is 2. The van der Waals surface area contributed by atoms with Crippen LogP contribution in [0.2, 0.25) is 0 Å². The first-order valence-corrected chi connectivity index (χ1v) is 5.39. The van der Waals surface area contributed by atoms with Gasteiger partial charge in [0.15, 0.2) is 0 Å². The van der Waals surface area contributed by atoms with Gasteiger partial charge in [-0.25, -0.2) is 4.39 Å². The third-order valence-corrected chi connectivity index (χ3v) is 3.06. The lowest BCUT2D eigenvalue weighted by molar-refractivity contribution is 0.615. The van der Waals surface area contributed by atoms with E-state index in [1.165, 1.54) is 6.07 Å². The topological polar surface area (TPSA) is 0 Å². The van der Waals surface area contributed by atoms with Crippen LogP contribution in [0.5, 0.6) is 0 Å². The van der Waals surface area contributed by atoms with Crippen molar-refractivity contribution >= 4 is 26.7 Å². The summed E-state index contributed by atoms with van der Waals surface area (Å²) in [5.41, 5.74) is 0.787. The Bertz CT molecular complexity index is 477. The van der Waals surface area contributed by atoms with E-state index >= 15 is 0 Å². The van der Waals surface area contributed by atoms with E-state index in [0.717, 1.165) is 20.8 Å². The molecule has 2 heteroatoms. The van der Waals surface area contributed by atoms with Gasteiger partial charge in [-0.3, -0.25) is 0 Å². The molecule has 0 saturated heterocycles. The fourth-order valence-electron chi connectivity index (χ4n) is 1.73. The molecule has 0 aromatic heterocycles. The first kappa shape index (κ1) is 9.66. The summed E-state index contributed by atoms with van der Waals surface area (Å²) in [6, 6.07) is 9.26. The van der Waals surface area contributed by atoms with E-state index in [1.807, 2.05) is 31.2 Å². The zero-order valence-corrected chi connectivity index (χ0v) is 9.44. The van der Waals surface area contributed by atoms with E-state index in [0.29, 0.717) is 6.42 Å². The van der Waals surface area contributed by atoms with Crippen molar-refractivity contribution in [1.29, 1.82) is 0 Å². The summed E-state index contributed by atoms with van der Waals surface area (Å²) in [7, 11) is 0. The second-order valence-electron chi connectivity index (χ2n) is 3.22. The maximum Gasteiger partial charge on any atom is 0.127 e. The molecule has 72 valence electrons. The summed E-state index contributed by atoms with van der Waals surface area (Å²) < 4.78 is 14.4. The highest BCUT2D eigenvalue weighted by Gasteiger charge is 2.07. The van der Waals surface area contributed by atoms with Gasteiger partial charge < -0.3 is 0 Å². The van der Waals surface area contributed by atoms with Crippen molar-refractivity contribution < 1.29 is 4.39 Å². The van der Waals surface area contributed by atoms with Gasteiger partial charge in [0.05, 0.1) is 0 Å². The molecule has 0 nitrogen and oxygen atoms in total. The second-order valence-corrected chi connectivity index (χ2v) is 4.07. The van der Waals surface area contributed by atoms with Crippen LogP contribution < -0.4 is 0 Å². The van der Waals surface area contributed by atoms with Crippen LogP contribution in [0.3, 0.4) is 0 Å². The monoisotopic (exact) mass is 252 g/mol. The minimum atomic E-state index is -0.119. The maximum atomic E-state index is 13.5. The summed E-state index contributed by atoms with van der Waals surface area (Å²) in [4.78, 5) is 0. The number of fused-ring (bicyclic) bond motifs is 1. The number of hydrogen-bond donors (Lipinski definition) is 0. The quantitative estimate of drug-likeness (QED) is 0.710. The molecule has 2 aromatic carbocycles. The maximum absolute atomic E-state index is 13.5. The van der Waals surface area contributed by atoms with Crippen molar-refractivity contribution in [3.63, 3.8) is 0 Å². The van der Waals surface area contributed by atoms with Crippen LogP contribution in [-0.2, 0) is 6.42 Å². The third kappa shape index (κ3) is 1.44. The first-order valence-electron chi connectivity index (χ1n) is 4.59. The molecule has 0 radical (unpaired) electrons. The Morgan fingerprint density at radius 2 is 2.00 bits per heavy atom. The third-order valence-electron chi connectivity index (χ3n) is 2.40. The Morgan fingerprint density at radius 1 is 1.21 bits per heavy atom. The normalized spacial score (nSPS) is 10.8. The SMILES string of the molecule is CCc1c(F)ccc2cccc(Br)c12. The predicted octanol–water partition coefficient (Wildman–Crippen LogP) is 4.30.